The van der Waals surface area contributed by atoms with Gasteiger partial charge in [0, 0.05) is 6.42 Å². The van der Waals surface area contributed by atoms with Crippen LogP contribution in [0.1, 0.15) is 96.8 Å². The van der Waals surface area contributed by atoms with Crippen LogP contribution in [-0.4, -0.2) is 6.29 Å². The molecule has 0 heterocycles. The molecule has 0 rings (SSSR count). The Morgan fingerprint density at radius 3 is 1.47 bits per heavy atom. The Balaban J connectivity index is 3.02. The smallest absolute Gasteiger partial charge is 0.119 e. The number of carbonyl (C=O) groups is 1. The van der Waals surface area contributed by atoms with Crippen molar-refractivity contribution in [2.75, 3.05) is 0 Å². The van der Waals surface area contributed by atoms with Crippen LogP contribution in [-0.2, 0) is 4.79 Å². The number of carbonyl (C=O) groups excluding carboxylic acids is 1. The second-order valence-corrected chi connectivity index (χ2v) is 5.54. The van der Waals surface area contributed by atoms with Gasteiger partial charge in [-0.1, -0.05) is 70.4 Å². The van der Waals surface area contributed by atoms with Crippen LogP contribution >= 0.6 is 0 Å². The van der Waals surface area contributed by atoms with Gasteiger partial charge in [0.25, 0.3) is 0 Å². The summed E-state index contributed by atoms with van der Waals surface area (Å²) < 4.78 is 0. The fourth-order valence-corrected chi connectivity index (χ4v) is 2.30. The van der Waals surface area contributed by atoms with E-state index >= 15 is 0 Å². The van der Waals surface area contributed by atoms with E-state index in [2.05, 4.69) is 19.1 Å². The first kappa shape index (κ1) is 18.4. The Hall–Kier alpha value is -0.590. The standard InChI is InChI=1S/C18H34O/c1-2-3-4-5-6-7-8-9-10-11-12-13-14-15-16-17-18-19/h8-9,18H,2-7,10-17H2,1H3/b9-8-. The number of aldehydes is 1. The third kappa shape index (κ3) is 17.4. The first-order valence-electron chi connectivity index (χ1n) is 8.50. The van der Waals surface area contributed by atoms with Crippen molar-refractivity contribution in [1.82, 2.24) is 0 Å². The largest absolute Gasteiger partial charge is 0.303 e. The quantitative estimate of drug-likeness (QED) is 0.195. The van der Waals surface area contributed by atoms with E-state index in [4.69, 9.17) is 0 Å². The van der Waals surface area contributed by atoms with E-state index in [9.17, 15) is 4.79 Å². The van der Waals surface area contributed by atoms with Crippen molar-refractivity contribution in [3.8, 4) is 0 Å². The molecule has 0 spiro atoms. The third-order valence-corrected chi connectivity index (χ3v) is 3.58. The molecule has 0 radical (unpaired) electrons. The molecule has 0 unspecified atom stereocenters. The second kappa shape index (κ2) is 17.4. The molecule has 1 heteroatoms. The number of allylic oxidation sites excluding steroid dienone is 2. The fraction of sp³-hybridized carbons (Fsp3) is 0.833. The maximum atomic E-state index is 10.1. The summed E-state index contributed by atoms with van der Waals surface area (Å²) >= 11 is 0. The van der Waals surface area contributed by atoms with Crippen molar-refractivity contribution < 1.29 is 4.79 Å². The van der Waals surface area contributed by atoms with Crippen LogP contribution < -0.4 is 0 Å². The molecule has 0 aliphatic rings. The third-order valence-electron chi connectivity index (χ3n) is 3.58. The highest BCUT2D eigenvalue weighted by Gasteiger charge is 1.90. The first-order chi connectivity index (χ1) is 9.41. The highest BCUT2D eigenvalue weighted by atomic mass is 16.1. The molecule has 112 valence electrons. The van der Waals surface area contributed by atoms with Gasteiger partial charge in [0.15, 0.2) is 0 Å². The molecule has 0 aromatic rings. The van der Waals surface area contributed by atoms with Gasteiger partial charge in [-0.05, 0) is 32.1 Å². The maximum Gasteiger partial charge on any atom is 0.119 e. The predicted octanol–water partition coefficient (Wildman–Crippen LogP) is 6.22. The molecule has 0 bridgehead atoms. The molecule has 0 fully saturated rings. The molecule has 19 heavy (non-hydrogen) atoms. The fourth-order valence-electron chi connectivity index (χ4n) is 2.30. The van der Waals surface area contributed by atoms with Crippen LogP contribution in [0.5, 0.6) is 0 Å². The first-order valence-corrected chi connectivity index (χ1v) is 8.50. The average molecular weight is 266 g/mol. The topological polar surface area (TPSA) is 17.1 Å². The zero-order valence-electron chi connectivity index (χ0n) is 13.0. The summed E-state index contributed by atoms with van der Waals surface area (Å²) in [5.74, 6) is 0. The van der Waals surface area contributed by atoms with Gasteiger partial charge in [-0.2, -0.15) is 0 Å². The molecule has 0 saturated carbocycles. The van der Waals surface area contributed by atoms with Gasteiger partial charge in [0.1, 0.15) is 6.29 Å². The summed E-state index contributed by atoms with van der Waals surface area (Å²) in [6, 6.07) is 0. The van der Waals surface area contributed by atoms with Crippen LogP contribution in [0, 0.1) is 0 Å². The number of rotatable bonds is 15. The second-order valence-electron chi connectivity index (χ2n) is 5.54. The summed E-state index contributed by atoms with van der Waals surface area (Å²) in [6.07, 6.45) is 23.6. The van der Waals surface area contributed by atoms with Crippen molar-refractivity contribution in [3.05, 3.63) is 12.2 Å². The van der Waals surface area contributed by atoms with Gasteiger partial charge in [-0.15, -0.1) is 0 Å². The minimum atomic E-state index is 0.751. The SMILES string of the molecule is CCCCCCC/C=C\CCCCCCCCC=O. The average Bonchev–Trinajstić information content (AvgIpc) is 2.43. The van der Waals surface area contributed by atoms with Gasteiger partial charge in [-0.25, -0.2) is 0 Å². The van der Waals surface area contributed by atoms with E-state index in [-0.39, 0.29) is 0 Å². The molecule has 0 aromatic carbocycles. The molecule has 1 nitrogen and oxygen atoms in total. The Kier molecular flexibility index (Phi) is 16.9. The molecule has 0 aliphatic heterocycles. The molecule has 0 N–H and O–H groups in total. The lowest BCUT2D eigenvalue weighted by molar-refractivity contribution is -0.107. The number of hydrogen-bond donors (Lipinski definition) is 0. The molecule has 0 amide bonds. The maximum absolute atomic E-state index is 10.1. The number of hydrogen-bond acceptors (Lipinski definition) is 1. The van der Waals surface area contributed by atoms with E-state index < -0.39 is 0 Å². The van der Waals surface area contributed by atoms with Crippen molar-refractivity contribution in [2.24, 2.45) is 0 Å². The highest BCUT2D eigenvalue weighted by Crippen LogP contribution is 2.09. The lowest BCUT2D eigenvalue weighted by Gasteiger charge is -1.99. The number of unbranched alkanes of at least 4 members (excludes halogenated alkanes) is 12. The zero-order chi connectivity index (χ0) is 14.0. The summed E-state index contributed by atoms with van der Waals surface area (Å²) in [5.41, 5.74) is 0. The van der Waals surface area contributed by atoms with Crippen molar-refractivity contribution in [2.45, 2.75) is 96.8 Å². The van der Waals surface area contributed by atoms with E-state index in [1.807, 2.05) is 0 Å². The van der Waals surface area contributed by atoms with Gasteiger partial charge >= 0.3 is 0 Å². The monoisotopic (exact) mass is 266 g/mol. The van der Waals surface area contributed by atoms with Crippen molar-refractivity contribution >= 4 is 6.29 Å². The molecular formula is C18H34O. The summed E-state index contributed by atoms with van der Waals surface area (Å²) in [5, 5.41) is 0. The van der Waals surface area contributed by atoms with Gasteiger partial charge in [0.2, 0.25) is 0 Å². The van der Waals surface area contributed by atoms with Crippen molar-refractivity contribution in [1.29, 1.82) is 0 Å². The molecular weight excluding hydrogens is 232 g/mol. The van der Waals surface area contributed by atoms with Gasteiger partial charge < -0.3 is 4.79 Å². The summed E-state index contributed by atoms with van der Waals surface area (Å²) in [6.45, 7) is 2.27. The Bertz CT molecular complexity index is 196. The van der Waals surface area contributed by atoms with Crippen molar-refractivity contribution in [3.63, 3.8) is 0 Å². The van der Waals surface area contributed by atoms with Crippen LogP contribution in [0.3, 0.4) is 0 Å². The molecule has 0 saturated heterocycles. The van der Waals surface area contributed by atoms with Crippen LogP contribution in [0.15, 0.2) is 12.2 Å². The normalized spacial score (nSPS) is 11.2. The van der Waals surface area contributed by atoms with Crippen LogP contribution in [0.25, 0.3) is 0 Å². The molecule has 0 aliphatic carbocycles. The van der Waals surface area contributed by atoms with Gasteiger partial charge in [0.05, 0.1) is 0 Å². The van der Waals surface area contributed by atoms with Gasteiger partial charge in [-0.3, -0.25) is 0 Å². The van der Waals surface area contributed by atoms with Crippen LogP contribution in [0.4, 0.5) is 0 Å². The Labute approximate surface area is 120 Å². The lowest BCUT2D eigenvalue weighted by Crippen LogP contribution is -1.81. The minimum Gasteiger partial charge on any atom is -0.303 e. The van der Waals surface area contributed by atoms with E-state index in [0.29, 0.717) is 0 Å². The van der Waals surface area contributed by atoms with E-state index in [1.165, 1.54) is 77.0 Å². The Morgan fingerprint density at radius 1 is 0.579 bits per heavy atom. The Morgan fingerprint density at radius 2 is 1.00 bits per heavy atom. The summed E-state index contributed by atoms with van der Waals surface area (Å²) in [4.78, 5) is 10.1. The lowest BCUT2D eigenvalue weighted by atomic mass is 10.1. The minimum absolute atomic E-state index is 0.751. The molecule has 0 aromatic heterocycles. The van der Waals surface area contributed by atoms with E-state index in [0.717, 1.165) is 19.1 Å². The van der Waals surface area contributed by atoms with Crippen LogP contribution in [0.2, 0.25) is 0 Å². The summed E-state index contributed by atoms with van der Waals surface area (Å²) in [7, 11) is 0. The highest BCUT2D eigenvalue weighted by molar-refractivity contribution is 5.48. The zero-order valence-corrected chi connectivity index (χ0v) is 13.0. The predicted molar refractivity (Wildman–Crippen MR) is 85.5 cm³/mol. The van der Waals surface area contributed by atoms with E-state index in [1.54, 1.807) is 0 Å². The molecule has 0 atom stereocenters.